The van der Waals surface area contributed by atoms with E-state index in [2.05, 4.69) is 5.32 Å². The van der Waals surface area contributed by atoms with E-state index in [1.165, 1.54) is 0 Å². The van der Waals surface area contributed by atoms with E-state index in [0.29, 0.717) is 0 Å². The SMILES string of the molecule is O=C(CCC(NC(=O)OCC1c2ccccc2-c2ccccc21)C(=O)Cl)OCc1ccccc1. The molecule has 7 heteroatoms. The average Bonchev–Trinajstić information content (AvgIpc) is 3.18. The normalized spacial score (nSPS) is 12.9. The van der Waals surface area contributed by atoms with Gasteiger partial charge in [0.2, 0.25) is 5.24 Å². The third kappa shape index (κ3) is 5.64. The second-order valence-electron chi connectivity index (χ2n) is 8.01. The molecule has 4 rings (SSSR count). The largest absolute Gasteiger partial charge is 0.461 e. The van der Waals surface area contributed by atoms with Gasteiger partial charge in [-0.1, -0.05) is 78.9 Å². The lowest BCUT2D eigenvalue weighted by atomic mass is 9.98. The van der Waals surface area contributed by atoms with Crippen molar-refractivity contribution in [2.24, 2.45) is 0 Å². The van der Waals surface area contributed by atoms with E-state index in [9.17, 15) is 14.4 Å². The molecular weight excluding hydrogens is 454 g/mol. The number of carbonyl (C=O) groups is 3. The maximum absolute atomic E-state index is 12.4. The molecule has 0 aliphatic heterocycles. The summed E-state index contributed by atoms with van der Waals surface area (Å²) in [4.78, 5) is 36.3. The number of nitrogens with one attached hydrogen (secondary N) is 1. The third-order valence-electron chi connectivity index (χ3n) is 5.79. The molecule has 1 unspecified atom stereocenters. The molecule has 0 saturated carbocycles. The highest BCUT2D eigenvalue weighted by molar-refractivity contribution is 6.64. The van der Waals surface area contributed by atoms with Crippen LogP contribution < -0.4 is 5.32 Å². The number of benzene rings is 3. The van der Waals surface area contributed by atoms with Crippen molar-refractivity contribution in [1.29, 1.82) is 0 Å². The highest BCUT2D eigenvalue weighted by Crippen LogP contribution is 2.44. The minimum absolute atomic E-state index is 0.0140. The van der Waals surface area contributed by atoms with Gasteiger partial charge in [-0.2, -0.15) is 0 Å². The lowest BCUT2D eigenvalue weighted by molar-refractivity contribution is -0.145. The Kier molecular flexibility index (Phi) is 7.60. The van der Waals surface area contributed by atoms with Crippen LogP contribution in [0.3, 0.4) is 0 Å². The van der Waals surface area contributed by atoms with Gasteiger partial charge in [-0.15, -0.1) is 0 Å². The first-order valence-electron chi connectivity index (χ1n) is 11.0. The predicted molar refractivity (Wildman–Crippen MR) is 128 cm³/mol. The van der Waals surface area contributed by atoms with Crippen LogP contribution in [0.2, 0.25) is 0 Å². The van der Waals surface area contributed by atoms with E-state index in [0.717, 1.165) is 27.8 Å². The molecule has 3 aromatic carbocycles. The molecule has 0 bridgehead atoms. The van der Waals surface area contributed by atoms with Crippen molar-refractivity contribution in [2.75, 3.05) is 6.61 Å². The summed E-state index contributed by atoms with van der Waals surface area (Å²) in [5.41, 5.74) is 5.27. The fourth-order valence-corrected chi connectivity index (χ4v) is 4.26. The van der Waals surface area contributed by atoms with Crippen LogP contribution in [0.5, 0.6) is 0 Å². The van der Waals surface area contributed by atoms with Crippen molar-refractivity contribution in [2.45, 2.75) is 31.4 Å². The minimum Gasteiger partial charge on any atom is -0.461 e. The molecule has 0 spiro atoms. The minimum atomic E-state index is -1.05. The molecule has 6 nitrogen and oxygen atoms in total. The summed E-state index contributed by atoms with van der Waals surface area (Å²) in [6, 6.07) is 24.2. The van der Waals surface area contributed by atoms with Gasteiger partial charge >= 0.3 is 12.1 Å². The van der Waals surface area contributed by atoms with Gasteiger partial charge in [0.15, 0.2) is 0 Å². The standard InChI is InChI=1S/C27H24ClNO5/c28-26(31)24(14-15-25(30)33-16-18-8-2-1-3-9-18)29-27(32)34-17-23-21-12-6-4-10-19(21)20-11-5-7-13-22(20)23/h1-13,23-24H,14-17H2,(H,29,32). The lowest BCUT2D eigenvalue weighted by Crippen LogP contribution is -2.40. The Morgan fingerprint density at radius 1 is 0.824 bits per heavy atom. The number of alkyl carbamates (subject to hydrolysis) is 1. The second-order valence-corrected chi connectivity index (χ2v) is 8.38. The Labute approximate surface area is 202 Å². The molecule has 1 aliphatic carbocycles. The van der Waals surface area contributed by atoms with Gasteiger partial charge in [0.05, 0.1) is 0 Å². The Bertz CT molecular complexity index is 1130. The molecule has 3 aromatic rings. The quantitative estimate of drug-likeness (QED) is 0.339. The Balaban J connectivity index is 1.29. The van der Waals surface area contributed by atoms with Gasteiger partial charge < -0.3 is 14.8 Å². The van der Waals surface area contributed by atoms with Crippen LogP contribution in [-0.2, 0) is 25.7 Å². The Morgan fingerprint density at radius 2 is 1.41 bits per heavy atom. The van der Waals surface area contributed by atoms with Crippen molar-refractivity contribution in [3.05, 3.63) is 95.6 Å². The molecule has 0 radical (unpaired) electrons. The molecule has 0 fully saturated rings. The van der Waals surface area contributed by atoms with E-state index >= 15 is 0 Å². The van der Waals surface area contributed by atoms with Crippen molar-refractivity contribution >= 4 is 28.9 Å². The highest BCUT2D eigenvalue weighted by Gasteiger charge is 2.29. The molecule has 0 saturated heterocycles. The molecule has 0 heterocycles. The number of rotatable bonds is 9. The molecule has 1 N–H and O–H groups in total. The number of ether oxygens (including phenoxy) is 2. The molecule has 1 amide bonds. The van der Waals surface area contributed by atoms with Crippen LogP contribution in [0.25, 0.3) is 11.1 Å². The topological polar surface area (TPSA) is 81.7 Å². The van der Waals surface area contributed by atoms with Gasteiger partial charge in [-0.3, -0.25) is 9.59 Å². The lowest BCUT2D eigenvalue weighted by Gasteiger charge is -2.17. The first kappa shape index (κ1) is 23.5. The van der Waals surface area contributed by atoms with E-state index in [-0.39, 0.29) is 32.0 Å². The van der Waals surface area contributed by atoms with Gasteiger partial charge in [0.25, 0.3) is 0 Å². The maximum atomic E-state index is 12.4. The summed E-state index contributed by atoms with van der Waals surface area (Å²) in [7, 11) is 0. The molecule has 0 aromatic heterocycles. The summed E-state index contributed by atoms with van der Waals surface area (Å²) in [5, 5.41) is 1.69. The monoisotopic (exact) mass is 477 g/mol. The smallest absolute Gasteiger partial charge is 0.407 e. The Morgan fingerprint density at radius 3 is 2.03 bits per heavy atom. The molecule has 174 valence electrons. The highest BCUT2D eigenvalue weighted by atomic mass is 35.5. The fourth-order valence-electron chi connectivity index (χ4n) is 4.10. The number of amides is 1. The molecule has 34 heavy (non-hydrogen) atoms. The molecule has 1 atom stereocenters. The first-order valence-corrected chi connectivity index (χ1v) is 11.4. The predicted octanol–water partition coefficient (Wildman–Crippen LogP) is 5.18. The second kappa shape index (κ2) is 11.0. The molecule has 1 aliphatic rings. The Hall–Kier alpha value is -3.64. The zero-order valence-electron chi connectivity index (χ0n) is 18.4. The molecular formula is C27H24ClNO5. The maximum Gasteiger partial charge on any atom is 0.407 e. The average molecular weight is 478 g/mol. The third-order valence-corrected chi connectivity index (χ3v) is 6.05. The number of esters is 1. The van der Waals surface area contributed by atoms with Crippen LogP contribution in [-0.4, -0.2) is 30.0 Å². The number of hydrogen-bond donors (Lipinski definition) is 1. The fraction of sp³-hybridized carbons (Fsp3) is 0.222. The summed E-state index contributed by atoms with van der Waals surface area (Å²) in [5.74, 6) is -0.586. The van der Waals surface area contributed by atoms with Crippen LogP contribution in [0.4, 0.5) is 4.79 Å². The van der Waals surface area contributed by atoms with Gasteiger partial charge in [0, 0.05) is 12.3 Å². The summed E-state index contributed by atoms with van der Waals surface area (Å²) >= 11 is 5.64. The summed E-state index contributed by atoms with van der Waals surface area (Å²) in [6.07, 6.45) is -0.821. The van der Waals surface area contributed by atoms with Gasteiger partial charge in [0.1, 0.15) is 19.3 Å². The summed E-state index contributed by atoms with van der Waals surface area (Å²) < 4.78 is 10.7. The zero-order chi connectivity index (χ0) is 23.9. The van der Waals surface area contributed by atoms with E-state index in [1.807, 2.05) is 78.9 Å². The first-order chi connectivity index (χ1) is 16.5. The van der Waals surface area contributed by atoms with Gasteiger partial charge in [-0.25, -0.2) is 4.79 Å². The zero-order valence-corrected chi connectivity index (χ0v) is 19.2. The number of halogens is 1. The summed E-state index contributed by atoms with van der Waals surface area (Å²) in [6.45, 7) is 0.251. The number of hydrogen-bond acceptors (Lipinski definition) is 5. The van der Waals surface area contributed by atoms with Crippen LogP contribution in [0, 0.1) is 0 Å². The van der Waals surface area contributed by atoms with E-state index in [1.54, 1.807) is 0 Å². The van der Waals surface area contributed by atoms with Crippen molar-refractivity contribution in [3.8, 4) is 11.1 Å². The van der Waals surface area contributed by atoms with Crippen molar-refractivity contribution in [1.82, 2.24) is 5.32 Å². The van der Waals surface area contributed by atoms with E-state index < -0.39 is 23.3 Å². The van der Waals surface area contributed by atoms with Crippen molar-refractivity contribution in [3.63, 3.8) is 0 Å². The van der Waals surface area contributed by atoms with E-state index in [4.69, 9.17) is 21.1 Å². The van der Waals surface area contributed by atoms with Crippen LogP contribution in [0.15, 0.2) is 78.9 Å². The van der Waals surface area contributed by atoms with Crippen LogP contribution in [0.1, 0.15) is 35.4 Å². The van der Waals surface area contributed by atoms with Gasteiger partial charge in [-0.05, 0) is 45.8 Å². The number of carbonyl (C=O) groups excluding carboxylic acids is 3. The van der Waals surface area contributed by atoms with Crippen LogP contribution >= 0.6 is 11.6 Å². The number of fused-ring (bicyclic) bond motifs is 3. The van der Waals surface area contributed by atoms with Crippen molar-refractivity contribution < 1.29 is 23.9 Å².